The van der Waals surface area contributed by atoms with E-state index in [0.29, 0.717) is 151 Å². The first-order valence-corrected chi connectivity index (χ1v) is 14.8. The van der Waals surface area contributed by atoms with Crippen LogP contribution in [0.25, 0.3) is 0 Å². The Hall–Kier alpha value is -0.150. The minimum absolute atomic E-state index is 0.500. The SMILES string of the molecule is CCC(C)COCCOCCOCCOCCOCCOCCOCCOCCOCCOCCOCCCl. The molecule has 1 unspecified atom stereocenters. The highest BCUT2D eigenvalue weighted by molar-refractivity contribution is 6.17. The summed E-state index contributed by atoms with van der Waals surface area (Å²) in [5, 5.41) is 0. The smallest absolute Gasteiger partial charge is 0.0701 e. The highest BCUT2D eigenvalue weighted by Gasteiger charge is 1.98. The van der Waals surface area contributed by atoms with Gasteiger partial charge in [-0.25, -0.2) is 0 Å². The summed E-state index contributed by atoms with van der Waals surface area (Å²) in [4.78, 5) is 0. The van der Waals surface area contributed by atoms with Crippen molar-refractivity contribution >= 4 is 11.6 Å². The van der Waals surface area contributed by atoms with E-state index in [1.807, 2.05) is 0 Å². The molecule has 0 rings (SSSR count). The van der Waals surface area contributed by atoms with Crippen molar-refractivity contribution in [2.45, 2.75) is 20.3 Å². The maximum Gasteiger partial charge on any atom is 0.0701 e. The summed E-state index contributed by atoms with van der Waals surface area (Å²) in [6, 6.07) is 0. The van der Waals surface area contributed by atoms with Crippen LogP contribution in [-0.2, 0) is 52.1 Å². The van der Waals surface area contributed by atoms with Gasteiger partial charge in [0.05, 0.1) is 139 Å². The molecule has 0 aliphatic heterocycles. The number of hydrogen-bond acceptors (Lipinski definition) is 11. The summed E-state index contributed by atoms with van der Waals surface area (Å²) in [6.45, 7) is 16.5. The van der Waals surface area contributed by atoms with E-state index in [9.17, 15) is 0 Å². The molecule has 0 fully saturated rings. The summed E-state index contributed by atoms with van der Waals surface area (Å²) in [5.41, 5.74) is 0. The largest absolute Gasteiger partial charge is 0.379 e. The van der Waals surface area contributed by atoms with E-state index in [-0.39, 0.29) is 0 Å². The lowest BCUT2D eigenvalue weighted by Crippen LogP contribution is -2.15. The molecule has 0 saturated heterocycles. The zero-order chi connectivity index (χ0) is 28.3. The number of alkyl halides is 1. The molecule has 0 heterocycles. The van der Waals surface area contributed by atoms with Crippen molar-refractivity contribution in [1.82, 2.24) is 0 Å². The van der Waals surface area contributed by atoms with Gasteiger partial charge in [-0.15, -0.1) is 11.6 Å². The molecule has 0 aliphatic rings. The predicted octanol–water partition coefficient (Wildman–Crippen LogP) is 2.45. The zero-order valence-corrected chi connectivity index (χ0v) is 25.2. The van der Waals surface area contributed by atoms with Crippen molar-refractivity contribution in [3.05, 3.63) is 0 Å². The molecule has 0 aromatic rings. The minimum atomic E-state index is 0.500. The van der Waals surface area contributed by atoms with E-state index in [1.54, 1.807) is 0 Å². The average Bonchev–Trinajstić information content (AvgIpc) is 2.95. The van der Waals surface area contributed by atoms with Crippen LogP contribution in [0, 0.1) is 5.92 Å². The van der Waals surface area contributed by atoms with E-state index >= 15 is 0 Å². The topological polar surface area (TPSA) is 102 Å². The van der Waals surface area contributed by atoms with Crippen LogP contribution in [0.2, 0.25) is 0 Å². The molecule has 0 bridgehead atoms. The second-order valence-corrected chi connectivity index (χ2v) is 8.78. The maximum absolute atomic E-state index is 5.53. The van der Waals surface area contributed by atoms with Gasteiger partial charge >= 0.3 is 0 Å². The Morgan fingerprint density at radius 3 is 0.769 bits per heavy atom. The van der Waals surface area contributed by atoms with Crippen molar-refractivity contribution in [1.29, 1.82) is 0 Å². The monoisotopic (exact) mass is 590 g/mol. The van der Waals surface area contributed by atoms with Crippen LogP contribution in [-0.4, -0.2) is 151 Å². The molecule has 0 radical (unpaired) electrons. The van der Waals surface area contributed by atoms with Gasteiger partial charge in [-0.2, -0.15) is 0 Å². The minimum Gasteiger partial charge on any atom is -0.379 e. The fraction of sp³-hybridized carbons (Fsp3) is 1.00. The Morgan fingerprint density at radius 2 is 0.564 bits per heavy atom. The number of rotatable bonds is 35. The highest BCUT2D eigenvalue weighted by Crippen LogP contribution is 2.00. The Balaban J connectivity index is 3.03. The number of halogens is 1. The fourth-order valence-electron chi connectivity index (χ4n) is 2.66. The van der Waals surface area contributed by atoms with E-state index in [0.717, 1.165) is 13.0 Å². The molecule has 0 aromatic heterocycles. The lowest BCUT2D eigenvalue weighted by molar-refractivity contribution is -0.0277. The molecular weight excluding hydrogens is 536 g/mol. The van der Waals surface area contributed by atoms with Crippen LogP contribution in [0.5, 0.6) is 0 Å². The molecule has 236 valence electrons. The van der Waals surface area contributed by atoms with Crippen molar-refractivity contribution < 1.29 is 52.1 Å². The first-order valence-electron chi connectivity index (χ1n) is 14.2. The summed E-state index contributed by atoms with van der Waals surface area (Å²) < 4.78 is 59.7. The third-order valence-electron chi connectivity index (χ3n) is 5.04. The molecule has 0 saturated carbocycles. The number of ether oxygens (including phenoxy) is 11. The van der Waals surface area contributed by atoms with Gasteiger partial charge in [0.1, 0.15) is 0 Å². The molecule has 12 heteroatoms. The first-order chi connectivity index (χ1) is 19.3. The van der Waals surface area contributed by atoms with Gasteiger partial charge in [-0.3, -0.25) is 0 Å². The van der Waals surface area contributed by atoms with Gasteiger partial charge in [0.25, 0.3) is 0 Å². The van der Waals surface area contributed by atoms with Gasteiger partial charge in [0.2, 0.25) is 0 Å². The predicted molar refractivity (Wildman–Crippen MR) is 149 cm³/mol. The maximum atomic E-state index is 5.53. The molecule has 11 nitrogen and oxygen atoms in total. The third kappa shape index (κ3) is 35.8. The van der Waals surface area contributed by atoms with Crippen LogP contribution in [0.15, 0.2) is 0 Å². The summed E-state index contributed by atoms with van der Waals surface area (Å²) in [5.74, 6) is 1.10. The summed E-state index contributed by atoms with van der Waals surface area (Å²) in [7, 11) is 0. The Kier molecular flexibility index (Phi) is 35.7. The molecule has 0 N–H and O–H groups in total. The quantitative estimate of drug-likeness (QED) is 0.0803. The number of hydrogen-bond donors (Lipinski definition) is 0. The normalized spacial score (nSPS) is 12.4. The molecule has 0 spiro atoms. The third-order valence-corrected chi connectivity index (χ3v) is 5.20. The van der Waals surface area contributed by atoms with Crippen LogP contribution in [0.3, 0.4) is 0 Å². The van der Waals surface area contributed by atoms with Gasteiger partial charge in [0, 0.05) is 12.5 Å². The molecule has 39 heavy (non-hydrogen) atoms. The van der Waals surface area contributed by atoms with Crippen molar-refractivity contribution in [2.24, 2.45) is 5.92 Å². The van der Waals surface area contributed by atoms with Crippen LogP contribution < -0.4 is 0 Å². The standard InChI is InChI=1S/C27H55ClO11/c1-3-27(2)26-39-25-24-38-23-22-37-21-20-36-19-18-35-17-16-34-15-14-33-13-12-32-11-10-31-9-8-30-7-6-29-5-4-28/h27H,3-26H2,1-2H3. The lowest BCUT2D eigenvalue weighted by Gasteiger charge is -2.10. The second kappa shape index (κ2) is 35.9. The Morgan fingerprint density at radius 1 is 0.359 bits per heavy atom. The highest BCUT2D eigenvalue weighted by atomic mass is 35.5. The molecular formula is C27H55ClO11. The fourth-order valence-corrected chi connectivity index (χ4v) is 2.77. The van der Waals surface area contributed by atoms with Gasteiger partial charge in [-0.05, 0) is 5.92 Å². The summed E-state index contributed by atoms with van der Waals surface area (Å²) in [6.07, 6.45) is 1.13. The van der Waals surface area contributed by atoms with Crippen LogP contribution in [0.4, 0.5) is 0 Å². The lowest BCUT2D eigenvalue weighted by atomic mass is 10.1. The van der Waals surface area contributed by atoms with Crippen molar-refractivity contribution in [3.8, 4) is 0 Å². The van der Waals surface area contributed by atoms with E-state index in [4.69, 9.17) is 63.7 Å². The second-order valence-electron chi connectivity index (χ2n) is 8.40. The molecule has 0 aliphatic carbocycles. The molecule has 0 aromatic carbocycles. The zero-order valence-electron chi connectivity index (χ0n) is 24.4. The first kappa shape index (κ1) is 38.9. The average molecular weight is 591 g/mol. The van der Waals surface area contributed by atoms with E-state index in [1.165, 1.54) is 0 Å². The van der Waals surface area contributed by atoms with E-state index < -0.39 is 0 Å². The van der Waals surface area contributed by atoms with Gasteiger partial charge in [0.15, 0.2) is 0 Å². The van der Waals surface area contributed by atoms with Crippen molar-refractivity contribution in [3.63, 3.8) is 0 Å². The van der Waals surface area contributed by atoms with Crippen LogP contribution >= 0.6 is 11.6 Å². The molecule has 0 amide bonds. The Bertz CT molecular complexity index is 439. The van der Waals surface area contributed by atoms with E-state index in [2.05, 4.69) is 13.8 Å². The molecule has 1 atom stereocenters. The van der Waals surface area contributed by atoms with Gasteiger partial charge in [-0.1, -0.05) is 20.3 Å². The Labute approximate surface area is 241 Å². The van der Waals surface area contributed by atoms with Gasteiger partial charge < -0.3 is 52.1 Å². The summed E-state index contributed by atoms with van der Waals surface area (Å²) >= 11 is 5.50. The van der Waals surface area contributed by atoms with Crippen LogP contribution in [0.1, 0.15) is 20.3 Å². The van der Waals surface area contributed by atoms with Crippen molar-refractivity contribution in [2.75, 3.05) is 151 Å².